The van der Waals surface area contributed by atoms with E-state index in [1.807, 2.05) is 18.2 Å². The average molecular weight is 336 g/mol. The van der Waals surface area contributed by atoms with Crippen LogP contribution in [0.1, 0.15) is 37.8 Å². The fourth-order valence-corrected chi connectivity index (χ4v) is 6.19. The SMILES string of the molecule is O=S(=O)(C1CC1)N1C[C@H]2CCC[C@@]2(COCc2ccccn2)C1. The van der Waals surface area contributed by atoms with Gasteiger partial charge in [-0.1, -0.05) is 12.5 Å². The molecule has 126 valence electrons. The lowest BCUT2D eigenvalue weighted by Gasteiger charge is -2.28. The van der Waals surface area contributed by atoms with Gasteiger partial charge < -0.3 is 4.74 Å². The van der Waals surface area contributed by atoms with Gasteiger partial charge in [0.1, 0.15) is 0 Å². The number of nitrogens with zero attached hydrogens (tertiary/aromatic N) is 2. The molecular formula is C17H24N2O3S. The predicted octanol–water partition coefficient (Wildman–Crippen LogP) is 2.19. The normalized spacial score (nSPS) is 31.4. The Morgan fingerprint density at radius 1 is 1.30 bits per heavy atom. The van der Waals surface area contributed by atoms with Gasteiger partial charge >= 0.3 is 0 Å². The molecule has 0 N–H and O–H groups in total. The van der Waals surface area contributed by atoms with Crippen molar-refractivity contribution in [1.29, 1.82) is 0 Å². The van der Waals surface area contributed by atoms with Gasteiger partial charge in [-0.15, -0.1) is 0 Å². The molecule has 0 unspecified atom stereocenters. The second-order valence-electron chi connectivity index (χ2n) is 7.30. The fraction of sp³-hybridized carbons (Fsp3) is 0.706. The Bertz CT molecular complexity index is 660. The summed E-state index contributed by atoms with van der Waals surface area (Å²) in [4.78, 5) is 4.28. The van der Waals surface area contributed by atoms with Gasteiger partial charge in [-0.2, -0.15) is 0 Å². The van der Waals surface area contributed by atoms with Crippen molar-refractivity contribution in [3.05, 3.63) is 30.1 Å². The van der Waals surface area contributed by atoms with Gasteiger partial charge in [0.25, 0.3) is 0 Å². The van der Waals surface area contributed by atoms with Gasteiger partial charge in [-0.05, 0) is 43.7 Å². The van der Waals surface area contributed by atoms with Gasteiger partial charge in [0.05, 0.1) is 24.2 Å². The van der Waals surface area contributed by atoms with E-state index in [9.17, 15) is 8.42 Å². The van der Waals surface area contributed by atoms with E-state index in [2.05, 4.69) is 4.98 Å². The molecule has 1 saturated heterocycles. The smallest absolute Gasteiger partial charge is 0.217 e. The molecule has 0 bridgehead atoms. The summed E-state index contributed by atoms with van der Waals surface area (Å²) >= 11 is 0. The van der Waals surface area contributed by atoms with Crippen LogP contribution < -0.4 is 0 Å². The maximum absolute atomic E-state index is 12.5. The van der Waals surface area contributed by atoms with Crippen molar-refractivity contribution in [2.75, 3.05) is 19.7 Å². The zero-order valence-electron chi connectivity index (χ0n) is 13.4. The van der Waals surface area contributed by atoms with Crippen molar-refractivity contribution in [1.82, 2.24) is 9.29 Å². The molecule has 2 atom stereocenters. The fourth-order valence-electron chi connectivity index (χ4n) is 4.21. The Morgan fingerprint density at radius 2 is 2.17 bits per heavy atom. The minimum Gasteiger partial charge on any atom is -0.375 e. The van der Waals surface area contributed by atoms with E-state index >= 15 is 0 Å². The lowest BCUT2D eigenvalue weighted by molar-refractivity contribution is 0.0278. The topological polar surface area (TPSA) is 59.5 Å². The van der Waals surface area contributed by atoms with Crippen LogP contribution >= 0.6 is 0 Å². The molecule has 6 heteroatoms. The van der Waals surface area contributed by atoms with Gasteiger partial charge in [0, 0.05) is 24.7 Å². The first kappa shape index (κ1) is 15.5. The third-order valence-corrected chi connectivity index (χ3v) is 7.99. The summed E-state index contributed by atoms with van der Waals surface area (Å²) in [6, 6.07) is 5.82. The molecule has 4 rings (SSSR count). The molecule has 0 spiro atoms. The summed E-state index contributed by atoms with van der Waals surface area (Å²) in [6.45, 7) is 2.50. The second kappa shape index (κ2) is 5.83. The Balaban J connectivity index is 1.41. The molecule has 2 heterocycles. The number of hydrogen-bond acceptors (Lipinski definition) is 4. The van der Waals surface area contributed by atoms with E-state index in [0.717, 1.165) is 31.4 Å². The van der Waals surface area contributed by atoms with Crippen LogP contribution in [0, 0.1) is 11.3 Å². The quantitative estimate of drug-likeness (QED) is 0.799. The van der Waals surface area contributed by atoms with Crippen LogP contribution in [-0.2, 0) is 21.4 Å². The van der Waals surface area contributed by atoms with Gasteiger partial charge in [0.15, 0.2) is 0 Å². The first-order chi connectivity index (χ1) is 11.1. The number of hydrogen-bond donors (Lipinski definition) is 0. The van der Waals surface area contributed by atoms with Crippen LogP contribution in [0.4, 0.5) is 0 Å². The minimum absolute atomic E-state index is 0.0245. The van der Waals surface area contributed by atoms with Gasteiger partial charge in [-0.25, -0.2) is 12.7 Å². The number of aromatic nitrogens is 1. The molecule has 0 radical (unpaired) electrons. The Morgan fingerprint density at radius 3 is 2.91 bits per heavy atom. The molecular weight excluding hydrogens is 312 g/mol. The van der Waals surface area contributed by atoms with Crippen molar-refractivity contribution < 1.29 is 13.2 Å². The van der Waals surface area contributed by atoms with Crippen molar-refractivity contribution >= 4 is 10.0 Å². The van der Waals surface area contributed by atoms with E-state index in [0.29, 0.717) is 32.2 Å². The van der Waals surface area contributed by atoms with Gasteiger partial charge in [-0.3, -0.25) is 4.98 Å². The molecule has 1 aromatic rings. The summed E-state index contributed by atoms with van der Waals surface area (Å²) in [5, 5.41) is -0.104. The van der Waals surface area contributed by atoms with Crippen molar-refractivity contribution in [3.8, 4) is 0 Å². The molecule has 0 amide bonds. The number of sulfonamides is 1. The first-order valence-electron chi connectivity index (χ1n) is 8.57. The van der Waals surface area contributed by atoms with E-state index in [4.69, 9.17) is 4.74 Å². The van der Waals surface area contributed by atoms with Gasteiger partial charge in [0.2, 0.25) is 10.0 Å². The molecule has 3 aliphatic rings. The average Bonchev–Trinajstić information content (AvgIpc) is 3.24. The molecule has 3 fully saturated rings. The van der Waals surface area contributed by atoms with Crippen LogP contribution in [0.3, 0.4) is 0 Å². The van der Waals surface area contributed by atoms with E-state index < -0.39 is 10.0 Å². The highest BCUT2D eigenvalue weighted by Crippen LogP contribution is 2.50. The Hall–Kier alpha value is -0.980. The predicted molar refractivity (Wildman–Crippen MR) is 87.2 cm³/mol. The highest BCUT2D eigenvalue weighted by atomic mass is 32.2. The number of ether oxygens (including phenoxy) is 1. The summed E-state index contributed by atoms with van der Waals surface area (Å²) in [5.74, 6) is 0.458. The number of fused-ring (bicyclic) bond motifs is 1. The molecule has 0 aromatic carbocycles. The standard InChI is InChI=1S/C17H24N2O3S/c20-23(21,16-6-7-16)19-10-14-4-3-8-17(14,12-19)13-22-11-15-5-1-2-9-18-15/h1-2,5,9,14,16H,3-4,6-8,10-13H2/t14-,17+/m1/s1. The molecule has 2 aliphatic carbocycles. The van der Waals surface area contributed by atoms with Crippen molar-refractivity contribution in [2.45, 2.75) is 44.0 Å². The van der Waals surface area contributed by atoms with E-state index in [-0.39, 0.29) is 10.7 Å². The maximum atomic E-state index is 12.5. The van der Waals surface area contributed by atoms with Crippen LogP contribution in [-0.4, -0.2) is 42.7 Å². The molecule has 1 aliphatic heterocycles. The monoisotopic (exact) mass is 336 g/mol. The highest BCUT2D eigenvalue weighted by Gasteiger charge is 2.54. The zero-order chi connectivity index (χ0) is 15.9. The van der Waals surface area contributed by atoms with Crippen molar-refractivity contribution in [3.63, 3.8) is 0 Å². The molecule has 2 saturated carbocycles. The van der Waals surface area contributed by atoms with Crippen LogP contribution in [0.15, 0.2) is 24.4 Å². The zero-order valence-corrected chi connectivity index (χ0v) is 14.2. The maximum Gasteiger partial charge on any atom is 0.217 e. The summed E-state index contributed by atoms with van der Waals surface area (Å²) in [7, 11) is -3.06. The lowest BCUT2D eigenvalue weighted by Crippen LogP contribution is -2.36. The largest absolute Gasteiger partial charge is 0.375 e. The first-order valence-corrected chi connectivity index (χ1v) is 10.1. The van der Waals surface area contributed by atoms with Crippen LogP contribution in [0.2, 0.25) is 0 Å². The van der Waals surface area contributed by atoms with E-state index in [1.54, 1.807) is 10.5 Å². The Labute approximate surface area is 138 Å². The van der Waals surface area contributed by atoms with E-state index in [1.165, 1.54) is 6.42 Å². The third kappa shape index (κ3) is 2.92. The highest BCUT2D eigenvalue weighted by molar-refractivity contribution is 7.90. The summed E-state index contributed by atoms with van der Waals surface area (Å²) in [6.07, 6.45) is 6.85. The third-order valence-electron chi connectivity index (χ3n) is 5.68. The number of rotatable bonds is 6. The van der Waals surface area contributed by atoms with Crippen LogP contribution in [0.25, 0.3) is 0 Å². The summed E-state index contributed by atoms with van der Waals surface area (Å²) < 4.78 is 32.8. The molecule has 23 heavy (non-hydrogen) atoms. The molecule has 1 aromatic heterocycles. The van der Waals surface area contributed by atoms with Crippen LogP contribution in [0.5, 0.6) is 0 Å². The second-order valence-corrected chi connectivity index (χ2v) is 9.52. The lowest BCUT2D eigenvalue weighted by atomic mass is 9.82. The number of pyridine rings is 1. The minimum atomic E-state index is -3.06. The van der Waals surface area contributed by atoms with Crippen molar-refractivity contribution in [2.24, 2.45) is 11.3 Å². The summed E-state index contributed by atoms with van der Waals surface area (Å²) in [5.41, 5.74) is 0.954. The molecule has 5 nitrogen and oxygen atoms in total. The Kier molecular flexibility index (Phi) is 3.94.